The zero-order chi connectivity index (χ0) is 18.9. The van der Waals surface area contributed by atoms with E-state index >= 15 is 0 Å². The van der Waals surface area contributed by atoms with Crippen molar-refractivity contribution < 1.29 is 0 Å². The van der Waals surface area contributed by atoms with Crippen molar-refractivity contribution in [1.29, 1.82) is 0 Å². The Morgan fingerprint density at radius 1 is 0.893 bits per heavy atom. The van der Waals surface area contributed by atoms with Crippen molar-refractivity contribution in [2.45, 2.75) is 19.4 Å². The van der Waals surface area contributed by atoms with E-state index in [2.05, 4.69) is 64.6 Å². The Morgan fingerprint density at radius 2 is 1.68 bits per heavy atom. The minimum atomic E-state index is 0.756. The number of rotatable bonds is 3. The summed E-state index contributed by atoms with van der Waals surface area (Å²) in [5, 5.41) is 11.9. The maximum absolute atomic E-state index is 6.10. The van der Waals surface area contributed by atoms with Crippen LogP contribution in [-0.4, -0.2) is 22.9 Å². The van der Waals surface area contributed by atoms with Crippen LogP contribution in [0.1, 0.15) is 16.8 Å². The third kappa shape index (κ3) is 3.21. The second kappa shape index (κ2) is 7.42. The van der Waals surface area contributed by atoms with Crippen molar-refractivity contribution in [1.82, 2.24) is 15.1 Å². The predicted molar refractivity (Wildman–Crippen MR) is 116 cm³/mol. The molecule has 0 spiro atoms. The van der Waals surface area contributed by atoms with E-state index in [1.807, 2.05) is 12.1 Å². The fourth-order valence-corrected chi connectivity index (χ4v) is 4.31. The van der Waals surface area contributed by atoms with Gasteiger partial charge in [-0.15, -0.1) is 0 Å². The second-order valence-electron chi connectivity index (χ2n) is 7.33. The zero-order valence-electron chi connectivity index (χ0n) is 15.7. The smallest absolute Gasteiger partial charge is 0.0958 e. The van der Waals surface area contributed by atoms with E-state index in [0.717, 1.165) is 48.8 Å². The van der Waals surface area contributed by atoms with Crippen molar-refractivity contribution in [2.75, 3.05) is 13.1 Å². The first-order chi connectivity index (χ1) is 13.8. The molecule has 0 atom stereocenters. The Balaban J connectivity index is 1.62. The lowest BCUT2D eigenvalue weighted by Gasteiger charge is -2.10. The van der Waals surface area contributed by atoms with Gasteiger partial charge in [-0.2, -0.15) is 5.10 Å². The molecule has 1 aromatic heterocycles. The van der Waals surface area contributed by atoms with E-state index in [4.69, 9.17) is 16.7 Å². The molecule has 0 radical (unpaired) electrons. The van der Waals surface area contributed by atoms with Crippen LogP contribution in [0.2, 0.25) is 5.02 Å². The summed E-state index contributed by atoms with van der Waals surface area (Å²) in [6.07, 6.45) is 2.00. The van der Waals surface area contributed by atoms with Gasteiger partial charge in [0.25, 0.3) is 0 Å². The molecule has 4 heteroatoms. The molecule has 5 rings (SSSR count). The summed E-state index contributed by atoms with van der Waals surface area (Å²) in [5.74, 6) is 0. The van der Waals surface area contributed by atoms with Crippen LogP contribution in [-0.2, 0) is 19.4 Å². The van der Waals surface area contributed by atoms with Crippen LogP contribution in [0.25, 0.3) is 22.0 Å². The largest absolute Gasteiger partial charge is 0.316 e. The Morgan fingerprint density at radius 3 is 2.57 bits per heavy atom. The summed E-state index contributed by atoms with van der Waals surface area (Å²) in [6.45, 7) is 2.78. The molecular formula is C24H22ClN3. The van der Waals surface area contributed by atoms with Gasteiger partial charge in [0.05, 0.1) is 12.2 Å². The Bertz CT molecular complexity index is 1120. The minimum absolute atomic E-state index is 0.756. The summed E-state index contributed by atoms with van der Waals surface area (Å²) < 4.78 is 2.22. The quantitative estimate of drug-likeness (QED) is 0.530. The summed E-state index contributed by atoms with van der Waals surface area (Å²) >= 11 is 6.10. The van der Waals surface area contributed by atoms with Gasteiger partial charge in [-0.25, -0.2) is 0 Å². The average molecular weight is 388 g/mol. The van der Waals surface area contributed by atoms with Crippen LogP contribution >= 0.6 is 11.6 Å². The predicted octanol–water partition coefficient (Wildman–Crippen LogP) is 5.09. The molecular weight excluding hydrogens is 366 g/mol. The van der Waals surface area contributed by atoms with Crippen molar-refractivity contribution in [2.24, 2.45) is 0 Å². The van der Waals surface area contributed by atoms with Crippen LogP contribution in [0.3, 0.4) is 0 Å². The molecule has 0 unspecified atom stereocenters. The Hall–Kier alpha value is -2.62. The molecule has 0 bridgehead atoms. The fourth-order valence-electron chi connectivity index (χ4n) is 4.18. The van der Waals surface area contributed by atoms with Gasteiger partial charge in [0.2, 0.25) is 0 Å². The van der Waals surface area contributed by atoms with Crippen LogP contribution in [0.5, 0.6) is 0 Å². The van der Waals surface area contributed by atoms with E-state index in [1.54, 1.807) is 0 Å². The molecule has 3 nitrogen and oxygen atoms in total. The molecule has 0 aliphatic carbocycles. The molecule has 140 valence electrons. The standard InChI is InChI=1S/C24H22ClN3/c25-20-10-8-18(9-11-20)24-22-12-14-26-15-13-23(22)28(27-24)16-19-6-3-5-17-4-1-2-7-21(17)19/h1-11,26H,12-16H2. The lowest BCUT2D eigenvalue weighted by Crippen LogP contribution is -2.17. The third-order valence-corrected chi connectivity index (χ3v) is 5.83. The van der Waals surface area contributed by atoms with Gasteiger partial charge in [-0.05, 0) is 41.4 Å². The van der Waals surface area contributed by atoms with Crippen LogP contribution in [0.4, 0.5) is 0 Å². The highest BCUT2D eigenvalue weighted by molar-refractivity contribution is 6.30. The minimum Gasteiger partial charge on any atom is -0.316 e. The fraction of sp³-hybridized carbons (Fsp3) is 0.208. The number of aromatic nitrogens is 2. The molecule has 0 fully saturated rings. The van der Waals surface area contributed by atoms with Crippen molar-refractivity contribution in [3.8, 4) is 11.3 Å². The van der Waals surface area contributed by atoms with Crippen LogP contribution in [0.15, 0.2) is 66.7 Å². The van der Waals surface area contributed by atoms with Gasteiger partial charge in [-0.1, -0.05) is 66.2 Å². The van der Waals surface area contributed by atoms with Gasteiger partial charge in [0.1, 0.15) is 0 Å². The van der Waals surface area contributed by atoms with E-state index in [0.29, 0.717) is 0 Å². The third-order valence-electron chi connectivity index (χ3n) is 5.57. The van der Waals surface area contributed by atoms with E-state index in [-0.39, 0.29) is 0 Å². The SMILES string of the molecule is Clc1ccc(-c2nn(Cc3cccc4ccccc34)c3c2CCNCC3)cc1. The molecule has 2 heterocycles. The van der Waals surface area contributed by atoms with Crippen LogP contribution in [0, 0.1) is 0 Å². The van der Waals surface area contributed by atoms with Gasteiger partial charge in [-0.3, -0.25) is 4.68 Å². The first kappa shape index (κ1) is 17.5. The number of nitrogens with zero attached hydrogens (tertiary/aromatic N) is 2. The van der Waals surface area contributed by atoms with Gasteiger partial charge < -0.3 is 5.32 Å². The molecule has 1 aliphatic rings. The molecule has 4 aromatic rings. The first-order valence-electron chi connectivity index (χ1n) is 9.81. The summed E-state index contributed by atoms with van der Waals surface area (Å²) in [4.78, 5) is 0. The molecule has 3 aromatic carbocycles. The monoisotopic (exact) mass is 387 g/mol. The van der Waals surface area contributed by atoms with E-state index < -0.39 is 0 Å². The number of hydrogen-bond donors (Lipinski definition) is 1. The molecule has 0 saturated heterocycles. The second-order valence-corrected chi connectivity index (χ2v) is 7.76. The van der Waals surface area contributed by atoms with Gasteiger partial charge in [0.15, 0.2) is 0 Å². The van der Waals surface area contributed by atoms with Crippen LogP contribution < -0.4 is 5.32 Å². The summed E-state index contributed by atoms with van der Waals surface area (Å²) in [7, 11) is 0. The van der Waals surface area contributed by atoms with Crippen molar-refractivity contribution >= 4 is 22.4 Å². The summed E-state index contributed by atoms with van der Waals surface area (Å²) in [5.41, 5.74) is 6.26. The average Bonchev–Trinajstić information content (AvgIpc) is 2.90. The van der Waals surface area contributed by atoms with E-state index in [1.165, 1.54) is 27.6 Å². The zero-order valence-corrected chi connectivity index (χ0v) is 16.4. The molecule has 28 heavy (non-hydrogen) atoms. The highest BCUT2D eigenvalue weighted by atomic mass is 35.5. The maximum atomic E-state index is 6.10. The number of hydrogen-bond acceptors (Lipinski definition) is 2. The first-order valence-corrected chi connectivity index (χ1v) is 10.2. The summed E-state index contributed by atoms with van der Waals surface area (Å²) in [6, 6.07) is 23.1. The van der Waals surface area contributed by atoms with Crippen molar-refractivity contribution in [3.05, 3.63) is 88.6 Å². The number of nitrogens with one attached hydrogen (secondary N) is 1. The highest BCUT2D eigenvalue weighted by Gasteiger charge is 2.21. The number of fused-ring (bicyclic) bond motifs is 2. The Labute approximate surface area is 170 Å². The molecule has 0 amide bonds. The molecule has 1 N–H and O–H groups in total. The van der Waals surface area contributed by atoms with Crippen molar-refractivity contribution in [3.63, 3.8) is 0 Å². The topological polar surface area (TPSA) is 29.9 Å². The lowest BCUT2D eigenvalue weighted by molar-refractivity contribution is 0.630. The van der Waals surface area contributed by atoms with E-state index in [9.17, 15) is 0 Å². The number of halogens is 1. The van der Waals surface area contributed by atoms with Gasteiger partial charge >= 0.3 is 0 Å². The molecule has 1 aliphatic heterocycles. The number of benzene rings is 3. The lowest BCUT2D eigenvalue weighted by atomic mass is 10.0. The highest BCUT2D eigenvalue weighted by Crippen LogP contribution is 2.29. The van der Waals surface area contributed by atoms with Gasteiger partial charge in [0, 0.05) is 34.8 Å². The Kier molecular flexibility index (Phi) is 4.63. The normalized spacial score (nSPS) is 14.0. The maximum Gasteiger partial charge on any atom is 0.0958 e. The molecule has 0 saturated carbocycles.